The van der Waals surface area contributed by atoms with Gasteiger partial charge in [0.1, 0.15) is 19.3 Å². The van der Waals surface area contributed by atoms with Crippen molar-refractivity contribution < 1.29 is 14.3 Å². The first-order valence-electron chi connectivity index (χ1n) is 7.59. The fourth-order valence-corrected chi connectivity index (χ4v) is 2.25. The molecule has 2 N–H and O–H groups in total. The Hall–Kier alpha value is -3.48. The van der Waals surface area contributed by atoms with E-state index in [2.05, 4.69) is 10.1 Å². The van der Waals surface area contributed by atoms with Crippen LogP contribution in [-0.2, 0) is 17.9 Å². The molecule has 1 heterocycles. The maximum absolute atomic E-state index is 12.1. The quantitative estimate of drug-likeness (QED) is 0.692. The lowest BCUT2D eigenvalue weighted by atomic mass is 10.1. The minimum atomic E-state index is -0.491. The van der Waals surface area contributed by atoms with Crippen molar-refractivity contribution in [1.82, 2.24) is 14.8 Å². The van der Waals surface area contributed by atoms with Gasteiger partial charge in [0.25, 0.3) is 0 Å². The second kappa shape index (κ2) is 7.39. The molecule has 0 aliphatic carbocycles. The van der Waals surface area contributed by atoms with E-state index in [4.69, 9.17) is 10.5 Å². The molecule has 0 spiro atoms. The monoisotopic (exact) mass is 336 g/mol. The molecule has 0 radical (unpaired) electrons. The predicted molar refractivity (Wildman–Crippen MR) is 89.6 cm³/mol. The molecule has 25 heavy (non-hydrogen) atoms. The molecule has 0 unspecified atom stereocenters. The smallest absolute Gasteiger partial charge is 0.338 e. The first-order valence-corrected chi connectivity index (χ1v) is 7.59. The third-order valence-electron chi connectivity index (χ3n) is 3.61. The van der Waals surface area contributed by atoms with Crippen LogP contribution in [0.3, 0.4) is 0 Å². The van der Waals surface area contributed by atoms with Crippen molar-refractivity contribution in [3.05, 3.63) is 83.4 Å². The van der Waals surface area contributed by atoms with Gasteiger partial charge in [-0.2, -0.15) is 5.10 Å². The molecule has 0 bridgehead atoms. The highest BCUT2D eigenvalue weighted by Crippen LogP contribution is 2.10. The first-order chi connectivity index (χ1) is 12.1. The molecule has 1 aromatic heterocycles. The number of hydrogen-bond acceptors (Lipinski definition) is 5. The molecule has 126 valence electrons. The van der Waals surface area contributed by atoms with Gasteiger partial charge in [-0.05, 0) is 35.4 Å². The van der Waals surface area contributed by atoms with E-state index in [-0.39, 0.29) is 6.61 Å². The fourth-order valence-electron chi connectivity index (χ4n) is 2.25. The van der Waals surface area contributed by atoms with Crippen LogP contribution in [-0.4, -0.2) is 26.6 Å². The highest BCUT2D eigenvalue weighted by molar-refractivity contribution is 5.92. The standard InChI is InChI=1S/C18H16N4O3/c19-17(23)15-5-3-14(4-6-15)10-25-18(24)16-7-1-13(2-8-16)9-22-12-20-11-21-22/h1-8,11-12H,9-10H2,(H2,19,23). The zero-order valence-electron chi connectivity index (χ0n) is 13.3. The second-order valence-corrected chi connectivity index (χ2v) is 5.43. The van der Waals surface area contributed by atoms with E-state index in [9.17, 15) is 9.59 Å². The van der Waals surface area contributed by atoms with Gasteiger partial charge in [0.15, 0.2) is 0 Å². The van der Waals surface area contributed by atoms with Crippen molar-refractivity contribution >= 4 is 11.9 Å². The van der Waals surface area contributed by atoms with Crippen LogP contribution in [0.25, 0.3) is 0 Å². The number of esters is 1. The summed E-state index contributed by atoms with van der Waals surface area (Å²) < 4.78 is 6.98. The summed E-state index contributed by atoms with van der Waals surface area (Å²) in [5, 5.41) is 4.03. The maximum atomic E-state index is 12.1. The molecular formula is C18H16N4O3. The van der Waals surface area contributed by atoms with Gasteiger partial charge in [0.05, 0.1) is 12.1 Å². The zero-order valence-corrected chi connectivity index (χ0v) is 13.3. The number of benzene rings is 2. The van der Waals surface area contributed by atoms with Crippen LogP contribution in [0.1, 0.15) is 31.8 Å². The molecule has 2 aromatic carbocycles. The van der Waals surface area contributed by atoms with Gasteiger partial charge in [-0.15, -0.1) is 0 Å². The van der Waals surface area contributed by atoms with Crippen LogP contribution in [0.4, 0.5) is 0 Å². The predicted octanol–water partition coefficient (Wildman–Crippen LogP) is 1.78. The van der Waals surface area contributed by atoms with Crippen LogP contribution in [0, 0.1) is 0 Å². The summed E-state index contributed by atoms with van der Waals surface area (Å²) in [7, 11) is 0. The number of carbonyl (C=O) groups excluding carboxylic acids is 2. The second-order valence-electron chi connectivity index (χ2n) is 5.43. The van der Waals surface area contributed by atoms with E-state index < -0.39 is 11.9 Å². The van der Waals surface area contributed by atoms with Crippen molar-refractivity contribution in [3.8, 4) is 0 Å². The van der Waals surface area contributed by atoms with E-state index in [1.807, 2.05) is 12.1 Å². The molecule has 0 fully saturated rings. The van der Waals surface area contributed by atoms with Crippen molar-refractivity contribution in [2.75, 3.05) is 0 Å². The Labute approximate surface area is 144 Å². The van der Waals surface area contributed by atoms with E-state index in [0.29, 0.717) is 17.7 Å². The number of amides is 1. The zero-order chi connectivity index (χ0) is 17.6. The number of carbonyl (C=O) groups is 2. The molecule has 0 saturated heterocycles. The molecule has 3 aromatic rings. The maximum Gasteiger partial charge on any atom is 0.338 e. The minimum Gasteiger partial charge on any atom is -0.457 e. The van der Waals surface area contributed by atoms with Crippen LogP contribution in [0.15, 0.2) is 61.2 Å². The van der Waals surface area contributed by atoms with Crippen molar-refractivity contribution in [2.45, 2.75) is 13.2 Å². The molecule has 0 aliphatic rings. The third-order valence-corrected chi connectivity index (χ3v) is 3.61. The van der Waals surface area contributed by atoms with Crippen LogP contribution < -0.4 is 5.73 Å². The van der Waals surface area contributed by atoms with E-state index >= 15 is 0 Å². The molecule has 1 amide bonds. The van der Waals surface area contributed by atoms with E-state index in [1.165, 1.54) is 6.33 Å². The molecule has 0 atom stereocenters. The van der Waals surface area contributed by atoms with Crippen LogP contribution >= 0.6 is 0 Å². The topological polar surface area (TPSA) is 100 Å². The van der Waals surface area contributed by atoms with Crippen LogP contribution in [0.5, 0.6) is 0 Å². The lowest BCUT2D eigenvalue weighted by molar-refractivity contribution is 0.0472. The van der Waals surface area contributed by atoms with Gasteiger partial charge in [-0.3, -0.25) is 4.79 Å². The number of primary amides is 1. The van der Waals surface area contributed by atoms with Crippen molar-refractivity contribution in [1.29, 1.82) is 0 Å². The normalized spacial score (nSPS) is 10.4. The summed E-state index contributed by atoms with van der Waals surface area (Å²) in [6, 6.07) is 13.7. The van der Waals surface area contributed by atoms with E-state index in [1.54, 1.807) is 47.4 Å². The summed E-state index contributed by atoms with van der Waals surface area (Å²) in [4.78, 5) is 27.0. The lowest BCUT2D eigenvalue weighted by Crippen LogP contribution is -2.11. The fraction of sp³-hybridized carbons (Fsp3) is 0.111. The van der Waals surface area contributed by atoms with Gasteiger partial charge < -0.3 is 10.5 Å². The SMILES string of the molecule is NC(=O)c1ccc(COC(=O)c2ccc(Cn3cncn3)cc2)cc1. The Morgan fingerprint density at radius 1 is 0.960 bits per heavy atom. The number of hydrogen-bond donors (Lipinski definition) is 1. The van der Waals surface area contributed by atoms with E-state index in [0.717, 1.165) is 11.1 Å². The van der Waals surface area contributed by atoms with Crippen molar-refractivity contribution in [3.63, 3.8) is 0 Å². The first kappa shape index (κ1) is 16.4. The Balaban J connectivity index is 1.56. The molecule has 3 rings (SSSR count). The summed E-state index contributed by atoms with van der Waals surface area (Å²) in [5.74, 6) is -0.902. The van der Waals surface area contributed by atoms with Crippen LogP contribution in [0.2, 0.25) is 0 Å². The number of nitrogens with zero attached hydrogens (tertiary/aromatic N) is 3. The third kappa shape index (κ3) is 4.29. The average Bonchev–Trinajstić information content (AvgIpc) is 3.13. The number of rotatable bonds is 6. The van der Waals surface area contributed by atoms with Gasteiger partial charge in [0, 0.05) is 5.56 Å². The number of ether oxygens (including phenoxy) is 1. The summed E-state index contributed by atoms with van der Waals surface area (Å²) in [6.07, 6.45) is 3.10. The van der Waals surface area contributed by atoms with Gasteiger partial charge in [-0.25, -0.2) is 14.5 Å². The van der Waals surface area contributed by atoms with Gasteiger partial charge in [-0.1, -0.05) is 24.3 Å². The summed E-state index contributed by atoms with van der Waals surface area (Å²) in [5.41, 5.74) is 7.85. The molecular weight excluding hydrogens is 320 g/mol. The number of nitrogens with two attached hydrogens (primary N) is 1. The molecule has 0 saturated carbocycles. The Morgan fingerprint density at radius 3 is 2.20 bits per heavy atom. The lowest BCUT2D eigenvalue weighted by Gasteiger charge is -2.07. The average molecular weight is 336 g/mol. The summed E-state index contributed by atoms with van der Waals surface area (Å²) >= 11 is 0. The highest BCUT2D eigenvalue weighted by Gasteiger charge is 2.08. The Morgan fingerprint density at radius 2 is 1.60 bits per heavy atom. The number of aromatic nitrogens is 3. The van der Waals surface area contributed by atoms with Gasteiger partial charge in [0.2, 0.25) is 5.91 Å². The highest BCUT2D eigenvalue weighted by atomic mass is 16.5. The largest absolute Gasteiger partial charge is 0.457 e. The summed E-state index contributed by atoms with van der Waals surface area (Å²) in [6.45, 7) is 0.708. The molecule has 0 aliphatic heterocycles. The van der Waals surface area contributed by atoms with Crippen molar-refractivity contribution in [2.24, 2.45) is 5.73 Å². The Kier molecular flexibility index (Phi) is 4.84. The molecule has 7 heteroatoms. The van der Waals surface area contributed by atoms with Gasteiger partial charge >= 0.3 is 5.97 Å². The Bertz CT molecular complexity index is 856. The minimum absolute atomic E-state index is 0.124. The molecule has 7 nitrogen and oxygen atoms in total.